The molecule has 0 aromatic heterocycles. The van der Waals surface area contributed by atoms with Gasteiger partial charge in [-0.3, -0.25) is 4.79 Å². The minimum Gasteiger partial charge on any atom is -0.748 e. The van der Waals surface area contributed by atoms with Crippen LogP contribution in [0.3, 0.4) is 0 Å². The van der Waals surface area contributed by atoms with E-state index in [1.165, 1.54) is 0 Å². The number of carbonyl (C=O) groups is 1. The highest BCUT2D eigenvalue weighted by Gasteiger charge is 2.12. The number of hydrogen-bond donors (Lipinski definition) is 2. The number of benzene rings is 2. The molecule has 0 atom stereocenters. The molecule has 0 aliphatic heterocycles. The summed E-state index contributed by atoms with van der Waals surface area (Å²) in [5, 5.41) is 12.4. The monoisotopic (exact) mass is 434 g/mol. The van der Waals surface area contributed by atoms with E-state index in [0.717, 1.165) is 27.8 Å². The van der Waals surface area contributed by atoms with E-state index in [-0.39, 0.29) is 19.1 Å². The summed E-state index contributed by atoms with van der Waals surface area (Å²) in [5.74, 6) is -0.0845. The first-order valence-electron chi connectivity index (χ1n) is 9.71. The van der Waals surface area contributed by atoms with Crippen LogP contribution >= 0.6 is 0 Å². The summed E-state index contributed by atoms with van der Waals surface area (Å²) in [4.78, 5) is 11.7. The largest absolute Gasteiger partial charge is 0.748 e. The SMILES string of the molecule is Cc1cc(OCC(=O)NCCS(=O)(=O)[O-])cc(C)c1Cc1ccc(O)c(C(C)C)c1. The second kappa shape index (κ2) is 9.95. The van der Waals surface area contributed by atoms with E-state index < -0.39 is 21.8 Å². The second-order valence-corrected chi connectivity index (χ2v) is 9.18. The standard InChI is InChI=1S/C22H29NO6S/c1-14(2)19-11-17(5-6-21(19)24)12-20-15(3)9-18(10-16(20)4)29-13-22(25)23-7-8-30(26,27)28/h5-6,9-11,14,24H,7-8,12-13H2,1-4H3,(H,23,25)(H,26,27,28)/p-1. The Morgan fingerprint density at radius 3 is 2.37 bits per heavy atom. The fourth-order valence-electron chi connectivity index (χ4n) is 3.21. The van der Waals surface area contributed by atoms with Crippen LogP contribution in [0.15, 0.2) is 30.3 Å². The van der Waals surface area contributed by atoms with E-state index in [1.807, 2.05) is 52.0 Å². The van der Waals surface area contributed by atoms with Crippen LogP contribution in [-0.4, -0.2) is 42.9 Å². The van der Waals surface area contributed by atoms with Gasteiger partial charge in [0.15, 0.2) is 6.61 Å². The van der Waals surface area contributed by atoms with Gasteiger partial charge in [0.1, 0.15) is 11.5 Å². The van der Waals surface area contributed by atoms with Crippen LogP contribution in [0.1, 0.15) is 47.6 Å². The Hall–Kier alpha value is -2.58. The summed E-state index contributed by atoms with van der Waals surface area (Å²) in [6, 6.07) is 9.36. The molecule has 30 heavy (non-hydrogen) atoms. The highest BCUT2D eigenvalue weighted by Crippen LogP contribution is 2.29. The molecule has 0 saturated carbocycles. The molecule has 0 radical (unpaired) electrons. The zero-order valence-electron chi connectivity index (χ0n) is 17.7. The van der Waals surface area contributed by atoms with Crippen molar-refractivity contribution >= 4 is 16.0 Å². The minimum atomic E-state index is -4.36. The fraction of sp³-hybridized carbons (Fsp3) is 0.409. The molecule has 0 saturated heterocycles. The van der Waals surface area contributed by atoms with Crippen molar-refractivity contribution in [3.05, 3.63) is 58.1 Å². The van der Waals surface area contributed by atoms with E-state index in [4.69, 9.17) is 4.74 Å². The summed E-state index contributed by atoms with van der Waals surface area (Å²) in [5.41, 5.74) is 5.19. The van der Waals surface area contributed by atoms with E-state index in [0.29, 0.717) is 17.9 Å². The fourth-order valence-corrected chi connectivity index (χ4v) is 3.56. The smallest absolute Gasteiger partial charge is 0.257 e. The zero-order valence-corrected chi connectivity index (χ0v) is 18.5. The molecule has 0 spiro atoms. The van der Waals surface area contributed by atoms with Gasteiger partial charge >= 0.3 is 0 Å². The Labute approximate surface area is 177 Å². The summed E-state index contributed by atoms with van der Waals surface area (Å²) >= 11 is 0. The van der Waals surface area contributed by atoms with Gasteiger partial charge in [-0.2, -0.15) is 0 Å². The van der Waals surface area contributed by atoms with Gasteiger partial charge in [-0.25, -0.2) is 8.42 Å². The zero-order chi connectivity index (χ0) is 22.5. The molecule has 2 aromatic carbocycles. The van der Waals surface area contributed by atoms with Crippen molar-refractivity contribution in [3.8, 4) is 11.5 Å². The maximum absolute atomic E-state index is 11.7. The number of ether oxygens (including phenoxy) is 1. The van der Waals surface area contributed by atoms with Crippen molar-refractivity contribution in [2.24, 2.45) is 0 Å². The van der Waals surface area contributed by atoms with Gasteiger partial charge in [0.2, 0.25) is 0 Å². The van der Waals surface area contributed by atoms with Crippen molar-refractivity contribution in [2.45, 2.75) is 40.0 Å². The molecule has 2 aromatic rings. The van der Waals surface area contributed by atoms with E-state index in [9.17, 15) is 22.9 Å². The quantitative estimate of drug-likeness (QED) is 0.586. The van der Waals surface area contributed by atoms with Gasteiger partial charge < -0.3 is 19.7 Å². The molecule has 164 valence electrons. The Bertz CT molecular complexity index is 991. The van der Waals surface area contributed by atoms with Crippen molar-refractivity contribution in [2.75, 3.05) is 18.9 Å². The van der Waals surface area contributed by atoms with Gasteiger partial charge in [0.25, 0.3) is 5.91 Å². The molecule has 1 amide bonds. The third-order valence-corrected chi connectivity index (χ3v) is 5.51. The van der Waals surface area contributed by atoms with Crippen LogP contribution in [0.5, 0.6) is 11.5 Å². The van der Waals surface area contributed by atoms with Crippen LogP contribution in [-0.2, 0) is 21.3 Å². The lowest BCUT2D eigenvalue weighted by molar-refractivity contribution is -0.122. The molecule has 2 N–H and O–H groups in total. The van der Waals surface area contributed by atoms with Crippen LogP contribution < -0.4 is 10.1 Å². The summed E-state index contributed by atoms with van der Waals surface area (Å²) in [6.07, 6.45) is 0.710. The molecule has 0 fully saturated rings. The molecule has 0 heterocycles. The predicted molar refractivity (Wildman–Crippen MR) is 114 cm³/mol. The summed E-state index contributed by atoms with van der Waals surface area (Å²) in [7, 11) is -4.36. The first-order valence-corrected chi connectivity index (χ1v) is 11.3. The number of aryl methyl sites for hydroxylation is 2. The van der Waals surface area contributed by atoms with Gasteiger partial charge in [-0.1, -0.05) is 26.0 Å². The van der Waals surface area contributed by atoms with Gasteiger partial charge in [-0.05, 0) is 72.2 Å². The normalized spacial score (nSPS) is 11.5. The van der Waals surface area contributed by atoms with E-state index >= 15 is 0 Å². The lowest BCUT2D eigenvalue weighted by Gasteiger charge is -2.15. The number of carbonyl (C=O) groups excluding carboxylic acids is 1. The Morgan fingerprint density at radius 1 is 1.17 bits per heavy atom. The molecule has 8 heteroatoms. The minimum absolute atomic E-state index is 0.225. The summed E-state index contributed by atoms with van der Waals surface area (Å²) < 4.78 is 37.2. The van der Waals surface area contributed by atoms with Crippen molar-refractivity contribution in [1.29, 1.82) is 0 Å². The first-order chi connectivity index (χ1) is 14.0. The summed E-state index contributed by atoms with van der Waals surface area (Å²) in [6.45, 7) is 7.51. The maximum Gasteiger partial charge on any atom is 0.257 e. The van der Waals surface area contributed by atoms with Gasteiger partial charge in [0.05, 0.1) is 15.9 Å². The van der Waals surface area contributed by atoms with Crippen molar-refractivity contribution < 1.29 is 27.6 Å². The third kappa shape index (κ3) is 7.03. The molecule has 0 aliphatic carbocycles. The van der Waals surface area contributed by atoms with Gasteiger partial charge in [0, 0.05) is 6.54 Å². The number of hydrogen-bond acceptors (Lipinski definition) is 6. The molecule has 0 unspecified atom stereocenters. The van der Waals surface area contributed by atoms with E-state index in [2.05, 4.69) is 5.32 Å². The number of phenolic OH excluding ortho intramolecular Hbond substituents is 1. The van der Waals surface area contributed by atoms with E-state index in [1.54, 1.807) is 6.07 Å². The van der Waals surface area contributed by atoms with Crippen molar-refractivity contribution in [1.82, 2.24) is 5.32 Å². The number of phenols is 1. The number of rotatable bonds is 9. The first kappa shape index (κ1) is 23.7. The van der Waals surface area contributed by atoms with Crippen LogP contribution in [0.2, 0.25) is 0 Å². The maximum atomic E-state index is 11.7. The molecule has 0 bridgehead atoms. The Kier molecular flexibility index (Phi) is 7.86. The van der Waals surface area contributed by atoms with Crippen LogP contribution in [0, 0.1) is 13.8 Å². The topological polar surface area (TPSA) is 116 Å². The molecule has 7 nitrogen and oxygen atoms in total. The van der Waals surface area contributed by atoms with Crippen LogP contribution in [0.4, 0.5) is 0 Å². The molecular weight excluding hydrogens is 406 g/mol. The number of nitrogens with one attached hydrogen (secondary N) is 1. The Balaban J connectivity index is 2.03. The highest BCUT2D eigenvalue weighted by molar-refractivity contribution is 7.85. The lowest BCUT2D eigenvalue weighted by atomic mass is 9.93. The molecule has 2 rings (SSSR count). The van der Waals surface area contributed by atoms with Crippen LogP contribution in [0.25, 0.3) is 0 Å². The second-order valence-electron chi connectivity index (χ2n) is 7.66. The Morgan fingerprint density at radius 2 is 1.80 bits per heavy atom. The number of amides is 1. The highest BCUT2D eigenvalue weighted by atomic mass is 32.2. The average Bonchev–Trinajstić information content (AvgIpc) is 2.63. The lowest BCUT2D eigenvalue weighted by Crippen LogP contribution is -2.32. The van der Waals surface area contributed by atoms with Gasteiger partial charge in [-0.15, -0.1) is 0 Å². The predicted octanol–water partition coefficient (Wildman–Crippen LogP) is 2.76. The third-order valence-electron chi connectivity index (χ3n) is 4.81. The molecular formula is C22H28NO6S-. The van der Waals surface area contributed by atoms with Crippen molar-refractivity contribution in [3.63, 3.8) is 0 Å². The number of aromatic hydroxyl groups is 1. The molecule has 0 aliphatic rings. The average molecular weight is 435 g/mol.